The Kier molecular flexibility index (Phi) is 4.65. The smallest absolute Gasteiger partial charge is 0.192 e. The van der Waals surface area contributed by atoms with Crippen molar-refractivity contribution in [1.29, 1.82) is 0 Å². The summed E-state index contributed by atoms with van der Waals surface area (Å²) in [5.41, 5.74) is 0.188. The molecule has 1 aliphatic heterocycles. The molecule has 3 rings (SSSR count). The number of allylic oxidation sites excluding steroid dienone is 1. The van der Waals surface area contributed by atoms with E-state index in [-0.39, 0.29) is 23.4 Å². The van der Waals surface area contributed by atoms with Crippen molar-refractivity contribution in [2.24, 2.45) is 0 Å². The Morgan fingerprint density at radius 3 is 2.56 bits per heavy atom. The molecule has 0 bridgehead atoms. The molecule has 1 fully saturated rings. The first-order valence-electron chi connectivity index (χ1n) is 9.48. The van der Waals surface area contributed by atoms with Crippen LogP contribution in [0.1, 0.15) is 53.9 Å². The Hall–Kier alpha value is -0.463. The molecule has 0 saturated carbocycles. The number of fused-ring (bicyclic) bond motifs is 2. The zero-order chi connectivity index (χ0) is 18.7. The lowest BCUT2D eigenvalue weighted by molar-refractivity contribution is -0.155. The SMILES string of the molecule is CC1(C)O[C@H]2[C@@H](O[Si](C)(C)C(C)(C)C)C[C@]3(O)CCC=C3/C=C\[C@H]2O1. The molecule has 3 aliphatic rings. The first-order valence-corrected chi connectivity index (χ1v) is 12.4. The molecular formula is C20H34O4Si. The minimum absolute atomic E-state index is 0.104. The summed E-state index contributed by atoms with van der Waals surface area (Å²) in [6.45, 7) is 15.1. The van der Waals surface area contributed by atoms with Crippen LogP contribution in [0.15, 0.2) is 23.8 Å². The van der Waals surface area contributed by atoms with Crippen LogP contribution >= 0.6 is 0 Å². The Morgan fingerprint density at radius 1 is 1.24 bits per heavy atom. The normalized spacial score (nSPS) is 39.2. The molecule has 25 heavy (non-hydrogen) atoms. The molecule has 0 spiro atoms. The van der Waals surface area contributed by atoms with Crippen LogP contribution < -0.4 is 0 Å². The molecule has 1 N–H and O–H groups in total. The highest BCUT2D eigenvalue weighted by molar-refractivity contribution is 6.74. The van der Waals surface area contributed by atoms with E-state index < -0.39 is 19.7 Å². The van der Waals surface area contributed by atoms with Gasteiger partial charge in [0.2, 0.25) is 0 Å². The first-order chi connectivity index (χ1) is 11.3. The molecule has 5 heteroatoms. The quantitative estimate of drug-likeness (QED) is 0.740. The second-order valence-electron chi connectivity index (χ2n) is 9.77. The van der Waals surface area contributed by atoms with E-state index >= 15 is 0 Å². The number of hydrogen-bond donors (Lipinski definition) is 1. The summed E-state index contributed by atoms with van der Waals surface area (Å²) in [6, 6.07) is 0. The predicted molar refractivity (Wildman–Crippen MR) is 102 cm³/mol. The lowest BCUT2D eigenvalue weighted by atomic mass is 9.84. The van der Waals surface area contributed by atoms with Gasteiger partial charge < -0.3 is 19.0 Å². The average Bonchev–Trinajstić information content (AvgIpc) is 2.93. The lowest BCUT2D eigenvalue weighted by Crippen LogP contribution is -2.52. The number of aliphatic hydroxyl groups is 1. The third-order valence-electron chi connectivity index (χ3n) is 6.25. The van der Waals surface area contributed by atoms with Gasteiger partial charge >= 0.3 is 0 Å². The first kappa shape index (κ1) is 19.3. The standard InChI is InChI=1S/C20H34O4Si/c1-18(2,3)25(6,7)24-16-13-20(21)12-8-9-14(20)10-11-15-17(16)23-19(4,5)22-15/h9-11,15-17,21H,8,12-13H2,1-7H3/b11-10-/t15-,16+,17-,20-/m1/s1. The largest absolute Gasteiger partial charge is 0.411 e. The fourth-order valence-electron chi connectivity index (χ4n) is 3.81. The van der Waals surface area contributed by atoms with Gasteiger partial charge in [0.25, 0.3) is 0 Å². The number of rotatable bonds is 2. The second-order valence-corrected chi connectivity index (χ2v) is 14.5. The summed E-state index contributed by atoms with van der Waals surface area (Å²) in [5.74, 6) is -0.634. The monoisotopic (exact) mass is 366 g/mol. The van der Waals surface area contributed by atoms with Crippen molar-refractivity contribution in [1.82, 2.24) is 0 Å². The molecule has 2 aliphatic carbocycles. The lowest BCUT2D eigenvalue weighted by Gasteiger charge is -2.43. The maximum absolute atomic E-state index is 11.3. The summed E-state index contributed by atoms with van der Waals surface area (Å²) in [5, 5.41) is 11.4. The zero-order valence-electron chi connectivity index (χ0n) is 16.8. The molecule has 1 saturated heterocycles. The minimum atomic E-state index is -2.00. The summed E-state index contributed by atoms with van der Waals surface area (Å²) in [4.78, 5) is 0. The van der Waals surface area contributed by atoms with Crippen LogP contribution in [-0.2, 0) is 13.9 Å². The van der Waals surface area contributed by atoms with Gasteiger partial charge in [-0.25, -0.2) is 0 Å². The average molecular weight is 367 g/mol. The molecule has 1 heterocycles. The van der Waals surface area contributed by atoms with Gasteiger partial charge in [-0.15, -0.1) is 0 Å². The molecule has 4 atom stereocenters. The topological polar surface area (TPSA) is 47.9 Å². The van der Waals surface area contributed by atoms with Crippen LogP contribution in [0, 0.1) is 0 Å². The van der Waals surface area contributed by atoms with Crippen molar-refractivity contribution >= 4 is 8.32 Å². The highest BCUT2D eigenvalue weighted by Gasteiger charge is 2.51. The maximum atomic E-state index is 11.3. The highest BCUT2D eigenvalue weighted by Crippen LogP contribution is 2.45. The molecular weight excluding hydrogens is 332 g/mol. The molecule has 0 unspecified atom stereocenters. The molecule has 0 amide bonds. The van der Waals surface area contributed by atoms with Gasteiger partial charge in [-0.1, -0.05) is 39.0 Å². The molecule has 0 radical (unpaired) electrons. The van der Waals surface area contributed by atoms with Crippen molar-refractivity contribution in [2.45, 2.75) is 102 Å². The van der Waals surface area contributed by atoms with E-state index in [9.17, 15) is 5.11 Å². The van der Waals surface area contributed by atoms with E-state index in [1.54, 1.807) is 0 Å². The van der Waals surface area contributed by atoms with Gasteiger partial charge in [0.15, 0.2) is 14.1 Å². The van der Waals surface area contributed by atoms with Crippen LogP contribution in [0.3, 0.4) is 0 Å². The summed E-state index contributed by atoms with van der Waals surface area (Å²) in [7, 11) is -2.00. The van der Waals surface area contributed by atoms with E-state index in [2.05, 4.69) is 39.9 Å². The van der Waals surface area contributed by atoms with Crippen molar-refractivity contribution < 1.29 is 19.0 Å². The third-order valence-corrected chi connectivity index (χ3v) is 10.8. The molecule has 0 aromatic carbocycles. The summed E-state index contributed by atoms with van der Waals surface area (Å²) in [6.07, 6.45) is 7.93. The van der Waals surface area contributed by atoms with E-state index in [1.807, 2.05) is 26.0 Å². The van der Waals surface area contributed by atoms with Gasteiger partial charge in [-0.3, -0.25) is 0 Å². The van der Waals surface area contributed by atoms with Crippen molar-refractivity contribution in [3.63, 3.8) is 0 Å². The van der Waals surface area contributed by atoms with Crippen LogP contribution in [0.5, 0.6) is 0 Å². The van der Waals surface area contributed by atoms with Gasteiger partial charge in [0.1, 0.15) is 12.2 Å². The van der Waals surface area contributed by atoms with Crippen LogP contribution in [0.4, 0.5) is 0 Å². The Labute approximate surface area is 153 Å². The van der Waals surface area contributed by atoms with Gasteiger partial charge in [-0.05, 0) is 50.4 Å². The molecule has 0 aromatic rings. The van der Waals surface area contributed by atoms with E-state index in [4.69, 9.17) is 13.9 Å². The van der Waals surface area contributed by atoms with Crippen LogP contribution in [0.2, 0.25) is 18.1 Å². The van der Waals surface area contributed by atoms with Crippen molar-refractivity contribution in [3.8, 4) is 0 Å². The Bertz CT molecular complexity index is 587. The van der Waals surface area contributed by atoms with Gasteiger partial charge in [0.05, 0.1) is 11.7 Å². The molecule has 0 aromatic heterocycles. The highest BCUT2D eigenvalue weighted by atomic mass is 28.4. The fraction of sp³-hybridized carbons (Fsp3) is 0.800. The van der Waals surface area contributed by atoms with Crippen molar-refractivity contribution in [2.75, 3.05) is 0 Å². The molecule has 142 valence electrons. The van der Waals surface area contributed by atoms with Crippen molar-refractivity contribution in [3.05, 3.63) is 23.8 Å². The summed E-state index contributed by atoms with van der Waals surface area (Å²) >= 11 is 0. The zero-order valence-corrected chi connectivity index (χ0v) is 17.8. The van der Waals surface area contributed by atoms with Gasteiger partial charge in [-0.2, -0.15) is 0 Å². The number of ether oxygens (including phenoxy) is 2. The second kappa shape index (κ2) is 6.03. The fourth-order valence-corrected chi connectivity index (χ4v) is 5.14. The van der Waals surface area contributed by atoms with E-state index in [1.165, 1.54) is 0 Å². The third kappa shape index (κ3) is 3.67. The summed E-state index contributed by atoms with van der Waals surface area (Å²) < 4.78 is 19.1. The Balaban J connectivity index is 1.95. The maximum Gasteiger partial charge on any atom is 0.192 e. The molecule has 4 nitrogen and oxygen atoms in total. The number of hydrogen-bond acceptors (Lipinski definition) is 4. The van der Waals surface area contributed by atoms with E-state index in [0.717, 1.165) is 18.4 Å². The van der Waals surface area contributed by atoms with E-state index in [0.29, 0.717) is 6.42 Å². The van der Waals surface area contributed by atoms with Crippen LogP contribution in [0.25, 0.3) is 0 Å². The Morgan fingerprint density at radius 2 is 1.92 bits per heavy atom. The van der Waals surface area contributed by atoms with Gasteiger partial charge in [0, 0.05) is 6.42 Å². The van der Waals surface area contributed by atoms with Crippen LogP contribution in [-0.4, -0.2) is 43.1 Å². The predicted octanol–water partition coefficient (Wildman–Crippen LogP) is 4.31. The minimum Gasteiger partial charge on any atom is -0.411 e.